The van der Waals surface area contributed by atoms with Crippen LogP contribution in [0, 0.1) is 11.3 Å². The number of morpholine rings is 1. The van der Waals surface area contributed by atoms with Crippen LogP contribution in [0.5, 0.6) is 0 Å². The summed E-state index contributed by atoms with van der Waals surface area (Å²) in [7, 11) is 0. The molecule has 4 heteroatoms. The van der Waals surface area contributed by atoms with Crippen molar-refractivity contribution in [3.05, 3.63) is 29.1 Å². The molecule has 3 rings (SSSR count). The lowest BCUT2D eigenvalue weighted by Crippen LogP contribution is -2.36. The molecule has 1 saturated heterocycles. The highest BCUT2D eigenvalue weighted by molar-refractivity contribution is 7.17. The summed E-state index contributed by atoms with van der Waals surface area (Å²) >= 11 is 1.63. The number of anilines is 1. The molecule has 86 valence electrons. The van der Waals surface area contributed by atoms with E-state index in [-0.39, 0.29) is 0 Å². The van der Waals surface area contributed by atoms with Crippen LogP contribution in [0.1, 0.15) is 5.56 Å². The molecule has 1 fully saturated rings. The molecule has 3 nitrogen and oxygen atoms in total. The SMILES string of the molecule is N#Cc1cc(N2CCOCC2)cc2ccsc12. The van der Waals surface area contributed by atoms with Gasteiger partial charge in [0.25, 0.3) is 0 Å². The zero-order chi connectivity index (χ0) is 11.7. The molecule has 1 aliphatic rings. The van der Waals surface area contributed by atoms with Gasteiger partial charge < -0.3 is 9.64 Å². The van der Waals surface area contributed by atoms with Gasteiger partial charge in [0.15, 0.2) is 0 Å². The Kier molecular flexibility index (Phi) is 2.71. The third kappa shape index (κ3) is 1.88. The van der Waals surface area contributed by atoms with Crippen molar-refractivity contribution >= 4 is 27.1 Å². The molecule has 2 aromatic rings. The molecule has 0 amide bonds. The Labute approximate surface area is 104 Å². The van der Waals surface area contributed by atoms with Gasteiger partial charge in [0, 0.05) is 18.8 Å². The van der Waals surface area contributed by atoms with Gasteiger partial charge >= 0.3 is 0 Å². The van der Waals surface area contributed by atoms with Crippen LogP contribution in [-0.2, 0) is 4.74 Å². The molecule has 0 spiro atoms. The van der Waals surface area contributed by atoms with E-state index in [9.17, 15) is 5.26 Å². The molecular formula is C13H12N2OS. The summed E-state index contributed by atoms with van der Waals surface area (Å²) in [5, 5.41) is 12.4. The van der Waals surface area contributed by atoms with Gasteiger partial charge in [-0.25, -0.2) is 0 Å². The van der Waals surface area contributed by atoms with Crippen molar-refractivity contribution in [1.82, 2.24) is 0 Å². The molecule has 1 aromatic carbocycles. The maximum Gasteiger partial charge on any atom is 0.101 e. The number of benzene rings is 1. The first kappa shape index (κ1) is 10.6. The van der Waals surface area contributed by atoms with Gasteiger partial charge in [-0.05, 0) is 29.0 Å². The Morgan fingerprint density at radius 1 is 1.29 bits per heavy atom. The van der Waals surface area contributed by atoms with Gasteiger partial charge in [-0.3, -0.25) is 0 Å². The quantitative estimate of drug-likeness (QED) is 0.773. The predicted octanol–water partition coefficient (Wildman–Crippen LogP) is 2.61. The third-order valence-electron chi connectivity index (χ3n) is 3.03. The molecular weight excluding hydrogens is 232 g/mol. The summed E-state index contributed by atoms with van der Waals surface area (Å²) < 4.78 is 6.43. The highest BCUT2D eigenvalue weighted by atomic mass is 32.1. The van der Waals surface area contributed by atoms with Crippen molar-refractivity contribution in [2.45, 2.75) is 0 Å². The molecule has 0 bridgehead atoms. The van der Waals surface area contributed by atoms with E-state index < -0.39 is 0 Å². The highest BCUT2D eigenvalue weighted by Crippen LogP contribution is 2.30. The summed E-state index contributed by atoms with van der Waals surface area (Å²) in [6.07, 6.45) is 0. The number of hydrogen-bond acceptors (Lipinski definition) is 4. The normalized spacial score (nSPS) is 16.1. The molecule has 0 unspecified atom stereocenters. The summed E-state index contributed by atoms with van der Waals surface area (Å²) in [5.74, 6) is 0. The Bertz CT molecular complexity index is 579. The molecule has 0 aliphatic carbocycles. The van der Waals surface area contributed by atoms with E-state index in [1.807, 2.05) is 11.4 Å². The Morgan fingerprint density at radius 3 is 2.88 bits per heavy atom. The lowest BCUT2D eigenvalue weighted by Gasteiger charge is -2.29. The molecule has 1 aromatic heterocycles. The van der Waals surface area contributed by atoms with Crippen LogP contribution in [0.3, 0.4) is 0 Å². The fourth-order valence-corrected chi connectivity index (χ4v) is 3.00. The van der Waals surface area contributed by atoms with E-state index in [0.29, 0.717) is 0 Å². The first-order valence-electron chi connectivity index (χ1n) is 5.62. The zero-order valence-corrected chi connectivity index (χ0v) is 10.2. The third-order valence-corrected chi connectivity index (χ3v) is 4.00. The van der Waals surface area contributed by atoms with Gasteiger partial charge in [0.1, 0.15) is 6.07 Å². The number of rotatable bonds is 1. The first-order chi connectivity index (χ1) is 8.38. The van der Waals surface area contributed by atoms with E-state index in [1.54, 1.807) is 11.3 Å². The number of nitrogens with zero attached hydrogens (tertiary/aromatic N) is 2. The van der Waals surface area contributed by atoms with E-state index in [4.69, 9.17) is 4.74 Å². The number of ether oxygens (including phenoxy) is 1. The Balaban J connectivity index is 2.07. The predicted molar refractivity (Wildman–Crippen MR) is 69.6 cm³/mol. The van der Waals surface area contributed by atoms with Crippen molar-refractivity contribution in [1.29, 1.82) is 5.26 Å². The first-order valence-corrected chi connectivity index (χ1v) is 6.50. The fraction of sp³-hybridized carbons (Fsp3) is 0.308. The maximum absolute atomic E-state index is 9.19. The topological polar surface area (TPSA) is 36.3 Å². The van der Waals surface area contributed by atoms with E-state index in [2.05, 4.69) is 23.1 Å². The molecule has 0 N–H and O–H groups in total. The fourth-order valence-electron chi connectivity index (χ4n) is 2.15. The number of hydrogen-bond donors (Lipinski definition) is 0. The van der Waals surface area contributed by atoms with Crippen LogP contribution in [0.2, 0.25) is 0 Å². The van der Waals surface area contributed by atoms with Crippen molar-refractivity contribution < 1.29 is 4.74 Å². The van der Waals surface area contributed by atoms with E-state index in [0.717, 1.165) is 47.6 Å². The summed E-state index contributed by atoms with van der Waals surface area (Å²) in [4.78, 5) is 2.28. The van der Waals surface area contributed by atoms with E-state index >= 15 is 0 Å². The minimum atomic E-state index is 0.767. The standard InChI is InChI=1S/C13H12N2OS/c14-9-11-8-12(15-2-4-16-5-3-15)7-10-1-6-17-13(10)11/h1,6-8H,2-5H2. The summed E-state index contributed by atoms with van der Waals surface area (Å²) in [5.41, 5.74) is 1.91. The molecule has 2 heterocycles. The largest absolute Gasteiger partial charge is 0.378 e. The van der Waals surface area contributed by atoms with Gasteiger partial charge in [0.2, 0.25) is 0 Å². The van der Waals surface area contributed by atoms with Crippen molar-refractivity contribution in [3.8, 4) is 6.07 Å². The minimum absolute atomic E-state index is 0.767. The molecule has 0 saturated carbocycles. The van der Waals surface area contributed by atoms with Gasteiger partial charge in [0.05, 0.1) is 23.5 Å². The second-order valence-corrected chi connectivity index (χ2v) is 4.96. The average molecular weight is 244 g/mol. The van der Waals surface area contributed by atoms with Crippen LogP contribution in [0.4, 0.5) is 5.69 Å². The highest BCUT2D eigenvalue weighted by Gasteiger charge is 2.13. The van der Waals surface area contributed by atoms with E-state index in [1.165, 1.54) is 0 Å². The number of fused-ring (bicyclic) bond motifs is 1. The molecule has 1 aliphatic heterocycles. The van der Waals surface area contributed by atoms with Crippen molar-refractivity contribution in [2.24, 2.45) is 0 Å². The van der Waals surface area contributed by atoms with Crippen LogP contribution < -0.4 is 4.90 Å². The lowest BCUT2D eigenvalue weighted by atomic mass is 10.1. The smallest absolute Gasteiger partial charge is 0.101 e. The zero-order valence-electron chi connectivity index (χ0n) is 9.35. The lowest BCUT2D eigenvalue weighted by molar-refractivity contribution is 0.122. The maximum atomic E-state index is 9.19. The average Bonchev–Trinajstić information content (AvgIpc) is 2.86. The molecule has 0 atom stereocenters. The van der Waals surface area contributed by atoms with Crippen LogP contribution in [0.25, 0.3) is 10.1 Å². The molecule has 0 radical (unpaired) electrons. The Hall–Kier alpha value is -1.57. The second kappa shape index (κ2) is 4.36. The van der Waals surface area contributed by atoms with Crippen LogP contribution in [0.15, 0.2) is 23.6 Å². The molecule has 17 heavy (non-hydrogen) atoms. The van der Waals surface area contributed by atoms with Gasteiger partial charge in [-0.2, -0.15) is 5.26 Å². The summed E-state index contributed by atoms with van der Waals surface area (Å²) in [6, 6.07) is 8.52. The van der Waals surface area contributed by atoms with Crippen molar-refractivity contribution in [2.75, 3.05) is 31.2 Å². The van der Waals surface area contributed by atoms with Gasteiger partial charge in [-0.15, -0.1) is 11.3 Å². The number of thiophene rings is 1. The number of nitriles is 1. The Morgan fingerprint density at radius 2 is 2.12 bits per heavy atom. The van der Waals surface area contributed by atoms with Crippen molar-refractivity contribution in [3.63, 3.8) is 0 Å². The summed E-state index contributed by atoms with van der Waals surface area (Å²) in [6.45, 7) is 3.34. The monoisotopic (exact) mass is 244 g/mol. The van der Waals surface area contributed by atoms with Gasteiger partial charge in [-0.1, -0.05) is 0 Å². The van der Waals surface area contributed by atoms with Crippen LogP contribution in [-0.4, -0.2) is 26.3 Å². The minimum Gasteiger partial charge on any atom is -0.378 e. The van der Waals surface area contributed by atoms with Crippen LogP contribution >= 0.6 is 11.3 Å². The second-order valence-electron chi connectivity index (χ2n) is 4.04.